The third-order valence-corrected chi connectivity index (χ3v) is 3.98. The van der Waals surface area contributed by atoms with Gasteiger partial charge in [-0.2, -0.15) is 0 Å². The summed E-state index contributed by atoms with van der Waals surface area (Å²) in [6, 6.07) is 7.74. The van der Waals surface area contributed by atoms with Crippen molar-refractivity contribution in [3.05, 3.63) is 34.9 Å². The number of rotatable bonds is 8. The van der Waals surface area contributed by atoms with Gasteiger partial charge < -0.3 is 10.6 Å². The van der Waals surface area contributed by atoms with Crippen LogP contribution >= 0.6 is 35.6 Å². The SMILES string of the molecule is CN=C(NCCCNS(C)(=O)=O)NCCc1ccccc1Cl.I. The summed E-state index contributed by atoms with van der Waals surface area (Å²) < 4.78 is 24.3. The van der Waals surface area contributed by atoms with E-state index in [2.05, 4.69) is 20.3 Å². The Morgan fingerprint density at radius 1 is 1.17 bits per heavy atom. The van der Waals surface area contributed by atoms with Crippen molar-refractivity contribution < 1.29 is 8.42 Å². The van der Waals surface area contributed by atoms with Crippen LogP contribution in [-0.2, 0) is 16.4 Å². The number of benzene rings is 1. The average molecular weight is 475 g/mol. The van der Waals surface area contributed by atoms with Crippen molar-refractivity contribution in [2.24, 2.45) is 4.99 Å². The van der Waals surface area contributed by atoms with E-state index in [1.807, 2.05) is 24.3 Å². The van der Waals surface area contributed by atoms with E-state index in [0.29, 0.717) is 32.0 Å². The molecule has 0 unspecified atom stereocenters. The first kappa shape index (κ1) is 22.4. The van der Waals surface area contributed by atoms with Crippen LogP contribution in [-0.4, -0.2) is 47.3 Å². The number of halogens is 2. The summed E-state index contributed by atoms with van der Waals surface area (Å²) in [7, 11) is -1.42. The maximum absolute atomic E-state index is 10.9. The summed E-state index contributed by atoms with van der Waals surface area (Å²) in [5, 5.41) is 7.08. The van der Waals surface area contributed by atoms with E-state index < -0.39 is 10.0 Å². The second kappa shape index (κ2) is 11.9. The number of guanidine groups is 1. The summed E-state index contributed by atoms with van der Waals surface area (Å²) in [4.78, 5) is 4.11. The predicted molar refractivity (Wildman–Crippen MR) is 107 cm³/mol. The van der Waals surface area contributed by atoms with Gasteiger partial charge in [0.1, 0.15) is 0 Å². The van der Waals surface area contributed by atoms with E-state index in [9.17, 15) is 8.42 Å². The normalized spacial score (nSPS) is 11.7. The molecule has 3 N–H and O–H groups in total. The van der Waals surface area contributed by atoms with E-state index in [1.54, 1.807) is 7.05 Å². The minimum absolute atomic E-state index is 0. The number of nitrogens with one attached hydrogen (secondary N) is 3. The summed E-state index contributed by atoms with van der Waals surface area (Å²) in [6.07, 6.45) is 2.63. The zero-order valence-corrected chi connectivity index (χ0v) is 17.2. The lowest BCUT2D eigenvalue weighted by Gasteiger charge is -2.12. The van der Waals surface area contributed by atoms with Crippen LogP contribution in [0.3, 0.4) is 0 Å². The molecule has 0 radical (unpaired) electrons. The molecule has 0 fully saturated rings. The van der Waals surface area contributed by atoms with Gasteiger partial charge in [0.15, 0.2) is 5.96 Å². The van der Waals surface area contributed by atoms with Crippen molar-refractivity contribution in [2.45, 2.75) is 12.8 Å². The first-order valence-electron chi connectivity index (χ1n) is 7.05. The third kappa shape index (κ3) is 10.7. The van der Waals surface area contributed by atoms with Crippen molar-refractivity contribution in [1.82, 2.24) is 15.4 Å². The van der Waals surface area contributed by atoms with Crippen LogP contribution in [0.4, 0.5) is 0 Å². The molecule has 23 heavy (non-hydrogen) atoms. The molecule has 0 aliphatic rings. The minimum Gasteiger partial charge on any atom is -0.356 e. The Morgan fingerprint density at radius 3 is 2.43 bits per heavy atom. The van der Waals surface area contributed by atoms with E-state index in [-0.39, 0.29) is 24.0 Å². The number of aliphatic imine (C=N–C) groups is 1. The molecule has 132 valence electrons. The molecule has 0 spiro atoms. The summed E-state index contributed by atoms with van der Waals surface area (Å²) in [5.74, 6) is 0.686. The van der Waals surface area contributed by atoms with E-state index in [0.717, 1.165) is 23.3 Å². The lowest BCUT2D eigenvalue weighted by Crippen LogP contribution is -2.39. The predicted octanol–water partition coefficient (Wildman–Crippen LogP) is 1.60. The van der Waals surface area contributed by atoms with Crippen LogP contribution in [0.2, 0.25) is 5.02 Å². The molecule has 0 saturated heterocycles. The van der Waals surface area contributed by atoms with Crippen LogP contribution in [0.15, 0.2) is 29.3 Å². The second-order valence-corrected chi connectivity index (χ2v) is 7.03. The first-order chi connectivity index (χ1) is 10.4. The maximum atomic E-state index is 10.9. The maximum Gasteiger partial charge on any atom is 0.208 e. The summed E-state index contributed by atoms with van der Waals surface area (Å²) >= 11 is 6.10. The zero-order chi connectivity index (χ0) is 16.4. The molecule has 1 aromatic rings. The highest BCUT2D eigenvalue weighted by Crippen LogP contribution is 2.14. The lowest BCUT2D eigenvalue weighted by atomic mass is 10.1. The van der Waals surface area contributed by atoms with Crippen molar-refractivity contribution in [1.29, 1.82) is 0 Å². The molecule has 0 aliphatic heterocycles. The number of hydrogen-bond acceptors (Lipinski definition) is 3. The van der Waals surface area contributed by atoms with Gasteiger partial charge in [-0.25, -0.2) is 13.1 Å². The largest absolute Gasteiger partial charge is 0.356 e. The van der Waals surface area contributed by atoms with Crippen molar-refractivity contribution >= 4 is 51.6 Å². The molecule has 0 atom stereocenters. The molecule has 9 heteroatoms. The highest BCUT2D eigenvalue weighted by Gasteiger charge is 2.02. The van der Waals surface area contributed by atoms with Crippen molar-refractivity contribution in [3.63, 3.8) is 0 Å². The fourth-order valence-corrected chi connectivity index (χ4v) is 2.54. The van der Waals surface area contributed by atoms with E-state index in [1.165, 1.54) is 0 Å². The number of sulfonamides is 1. The first-order valence-corrected chi connectivity index (χ1v) is 9.32. The van der Waals surface area contributed by atoms with Gasteiger partial charge in [0, 0.05) is 31.7 Å². The molecule has 0 aromatic heterocycles. The molecule has 6 nitrogen and oxygen atoms in total. The van der Waals surface area contributed by atoms with E-state index >= 15 is 0 Å². The molecular formula is C14H24ClIN4O2S. The van der Waals surface area contributed by atoms with Crippen LogP contribution in [0.25, 0.3) is 0 Å². The molecule has 0 heterocycles. The highest BCUT2D eigenvalue weighted by atomic mass is 127. The summed E-state index contributed by atoms with van der Waals surface area (Å²) in [5.41, 5.74) is 1.09. The molecule has 1 rings (SSSR count). The van der Waals surface area contributed by atoms with Crippen LogP contribution in [0.5, 0.6) is 0 Å². The quantitative estimate of drug-likeness (QED) is 0.231. The van der Waals surface area contributed by atoms with Gasteiger partial charge in [-0.1, -0.05) is 29.8 Å². The van der Waals surface area contributed by atoms with Gasteiger partial charge in [0.2, 0.25) is 10.0 Å². The Bertz CT molecular complexity index is 596. The Balaban J connectivity index is 0.00000484. The van der Waals surface area contributed by atoms with Crippen LogP contribution in [0, 0.1) is 0 Å². The van der Waals surface area contributed by atoms with Gasteiger partial charge in [-0.05, 0) is 24.5 Å². The number of nitrogens with zero attached hydrogens (tertiary/aromatic N) is 1. The van der Waals surface area contributed by atoms with Crippen molar-refractivity contribution in [3.8, 4) is 0 Å². The molecule has 1 aromatic carbocycles. The molecule has 0 amide bonds. The minimum atomic E-state index is -3.12. The van der Waals surface area contributed by atoms with Crippen LogP contribution < -0.4 is 15.4 Å². The van der Waals surface area contributed by atoms with Crippen molar-refractivity contribution in [2.75, 3.05) is 32.9 Å². The summed E-state index contributed by atoms with van der Waals surface area (Å²) in [6.45, 7) is 1.75. The third-order valence-electron chi connectivity index (χ3n) is 2.88. The molecule has 0 saturated carbocycles. The van der Waals surface area contributed by atoms with E-state index in [4.69, 9.17) is 11.6 Å². The van der Waals surface area contributed by atoms with Gasteiger partial charge in [-0.3, -0.25) is 4.99 Å². The Hall–Kier alpha value is -0.580. The van der Waals surface area contributed by atoms with Crippen LogP contribution in [0.1, 0.15) is 12.0 Å². The Kier molecular flexibility index (Phi) is 11.6. The molecular weight excluding hydrogens is 451 g/mol. The molecule has 0 bridgehead atoms. The zero-order valence-electron chi connectivity index (χ0n) is 13.3. The topological polar surface area (TPSA) is 82.6 Å². The Labute approximate surface area is 160 Å². The standard InChI is InChI=1S/C14H23ClN4O2S.HI/c1-16-14(17-9-5-10-19-22(2,20)21)18-11-8-12-6-3-4-7-13(12)15;/h3-4,6-7,19H,5,8-11H2,1-2H3,(H2,16,17,18);1H. The highest BCUT2D eigenvalue weighted by molar-refractivity contribution is 14.0. The molecule has 0 aliphatic carbocycles. The second-order valence-electron chi connectivity index (χ2n) is 4.79. The lowest BCUT2D eigenvalue weighted by molar-refractivity contribution is 0.584. The van der Waals surface area contributed by atoms with Gasteiger partial charge in [0.05, 0.1) is 6.26 Å². The number of hydrogen-bond donors (Lipinski definition) is 3. The van der Waals surface area contributed by atoms with Gasteiger partial charge in [-0.15, -0.1) is 24.0 Å². The van der Waals surface area contributed by atoms with Gasteiger partial charge >= 0.3 is 0 Å². The fourth-order valence-electron chi connectivity index (χ4n) is 1.79. The smallest absolute Gasteiger partial charge is 0.208 e. The van der Waals surface area contributed by atoms with Gasteiger partial charge in [0.25, 0.3) is 0 Å². The Morgan fingerprint density at radius 2 is 1.83 bits per heavy atom. The monoisotopic (exact) mass is 474 g/mol. The fraction of sp³-hybridized carbons (Fsp3) is 0.500. The average Bonchev–Trinajstić information content (AvgIpc) is 2.45.